The monoisotopic (exact) mass is 401 g/mol. The van der Waals surface area contributed by atoms with Gasteiger partial charge in [0.2, 0.25) is 11.7 Å². The van der Waals surface area contributed by atoms with Gasteiger partial charge in [-0.3, -0.25) is 0 Å². The van der Waals surface area contributed by atoms with Crippen molar-refractivity contribution in [3.8, 4) is 22.5 Å². The van der Waals surface area contributed by atoms with Crippen LogP contribution in [0.25, 0.3) is 22.5 Å². The molecule has 0 saturated carbocycles. The molecule has 1 heterocycles. The second kappa shape index (κ2) is 7.24. The van der Waals surface area contributed by atoms with Crippen molar-refractivity contribution in [3.63, 3.8) is 0 Å². The molecule has 0 saturated heterocycles. The standard InChI is InChI=1S/C20H17ClFN3O3/c1-10-23-19(25-28-10)18-15(8-13(21)9-16(18)22)12-5-6-14-11(7-12)3-2-4-17(14)24-20(26)27/h5-9,17,24H,2-4H2,1H3,(H,26,27). The molecule has 1 amide bonds. The summed E-state index contributed by atoms with van der Waals surface area (Å²) in [5, 5.41) is 15.7. The Morgan fingerprint density at radius 3 is 2.89 bits per heavy atom. The van der Waals surface area contributed by atoms with Crippen LogP contribution >= 0.6 is 11.6 Å². The van der Waals surface area contributed by atoms with E-state index in [9.17, 15) is 9.18 Å². The maximum Gasteiger partial charge on any atom is 0.405 e. The Hall–Kier alpha value is -2.93. The van der Waals surface area contributed by atoms with E-state index in [1.807, 2.05) is 18.2 Å². The lowest BCUT2D eigenvalue weighted by Crippen LogP contribution is -2.29. The molecular weight excluding hydrogens is 385 g/mol. The molecule has 0 fully saturated rings. The van der Waals surface area contributed by atoms with Crippen molar-refractivity contribution in [2.45, 2.75) is 32.2 Å². The van der Waals surface area contributed by atoms with Gasteiger partial charge in [-0.25, -0.2) is 9.18 Å². The minimum atomic E-state index is -1.05. The molecular formula is C20H17ClFN3O3. The second-order valence-corrected chi connectivity index (χ2v) is 7.19. The van der Waals surface area contributed by atoms with Crippen molar-refractivity contribution in [3.05, 3.63) is 58.2 Å². The highest BCUT2D eigenvalue weighted by Gasteiger charge is 2.24. The van der Waals surface area contributed by atoms with Crippen molar-refractivity contribution < 1.29 is 18.8 Å². The Morgan fingerprint density at radius 1 is 1.36 bits per heavy atom. The van der Waals surface area contributed by atoms with E-state index >= 15 is 0 Å². The van der Waals surface area contributed by atoms with Crippen LogP contribution < -0.4 is 5.32 Å². The summed E-state index contributed by atoms with van der Waals surface area (Å²) in [6.07, 6.45) is 1.38. The quantitative estimate of drug-likeness (QED) is 0.633. The Bertz CT molecular complexity index is 1070. The zero-order chi connectivity index (χ0) is 19.8. The van der Waals surface area contributed by atoms with Crippen molar-refractivity contribution in [1.29, 1.82) is 0 Å². The molecule has 4 rings (SSSR count). The fourth-order valence-electron chi connectivity index (χ4n) is 3.71. The normalized spacial score (nSPS) is 15.9. The zero-order valence-electron chi connectivity index (χ0n) is 15.0. The molecule has 0 bridgehead atoms. The number of carbonyl (C=O) groups is 1. The van der Waals surface area contributed by atoms with Crippen LogP contribution in [0.3, 0.4) is 0 Å². The lowest BCUT2D eigenvalue weighted by molar-refractivity contribution is 0.188. The van der Waals surface area contributed by atoms with E-state index in [2.05, 4.69) is 15.5 Å². The first-order valence-electron chi connectivity index (χ1n) is 8.85. The number of aromatic nitrogens is 2. The van der Waals surface area contributed by atoms with Crippen LogP contribution in [-0.2, 0) is 6.42 Å². The number of halogens is 2. The summed E-state index contributed by atoms with van der Waals surface area (Å²) in [4.78, 5) is 15.2. The van der Waals surface area contributed by atoms with Gasteiger partial charge in [-0.15, -0.1) is 0 Å². The predicted octanol–water partition coefficient (Wildman–Crippen LogP) is 5.15. The molecule has 1 aliphatic rings. The number of rotatable bonds is 3. The largest absolute Gasteiger partial charge is 0.465 e. The van der Waals surface area contributed by atoms with E-state index in [1.54, 1.807) is 13.0 Å². The van der Waals surface area contributed by atoms with Crippen LogP contribution in [0.4, 0.5) is 9.18 Å². The summed E-state index contributed by atoms with van der Waals surface area (Å²) in [7, 11) is 0. The minimum Gasteiger partial charge on any atom is -0.465 e. The van der Waals surface area contributed by atoms with Gasteiger partial charge in [-0.2, -0.15) is 4.98 Å². The highest BCUT2D eigenvalue weighted by molar-refractivity contribution is 6.31. The van der Waals surface area contributed by atoms with E-state index in [-0.39, 0.29) is 22.5 Å². The first-order chi connectivity index (χ1) is 13.4. The first-order valence-corrected chi connectivity index (χ1v) is 9.22. The molecule has 1 atom stereocenters. The molecule has 6 nitrogen and oxygen atoms in total. The van der Waals surface area contributed by atoms with Gasteiger partial charge >= 0.3 is 6.09 Å². The second-order valence-electron chi connectivity index (χ2n) is 6.76. The third kappa shape index (κ3) is 3.45. The van der Waals surface area contributed by atoms with E-state index in [0.29, 0.717) is 11.5 Å². The van der Waals surface area contributed by atoms with Crippen molar-refractivity contribution in [1.82, 2.24) is 15.5 Å². The zero-order valence-corrected chi connectivity index (χ0v) is 15.8. The lowest BCUT2D eigenvalue weighted by atomic mass is 9.85. The van der Waals surface area contributed by atoms with Crippen LogP contribution in [0.1, 0.15) is 35.9 Å². The van der Waals surface area contributed by atoms with Crippen LogP contribution in [-0.4, -0.2) is 21.3 Å². The lowest BCUT2D eigenvalue weighted by Gasteiger charge is -2.26. The van der Waals surface area contributed by atoms with Gasteiger partial charge < -0.3 is 14.9 Å². The van der Waals surface area contributed by atoms with E-state index < -0.39 is 11.9 Å². The number of carboxylic acid groups (broad SMARTS) is 1. The van der Waals surface area contributed by atoms with Gasteiger partial charge in [0, 0.05) is 11.9 Å². The van der Waals surface area contributed by atoms with E-state index in [4.69, 9.17) is 21.2 Å². The van der Waals surface area contributed by atoms with Gasteiger partial charge in [0.25, 0.3) is 0 Å². The molecule has 3 aromatic rings. The average Bonchev–Trinajstić information content (AvgIpc) is 3.06. The Balaban J connectivity index is 1.83. The molecule has 1 unspecified atom stereocenters. The smallest absolute Gasteiger partial charge is 0.405 e. The summed E-state index contributed by atoms with van der Waals surface area (Å²) in [6.45, 7) is 1.64. The van der Waals surface area contributed by atoms with Crippen LogP contribution in [0.15, 0.2) is 34.9 Å². The molecule has 1 aromatic heterocycles. The topological polar surface area (TPSA) is 88.2 Å². The average molecular weight is 402 g/mol. The summed E-state index contributed by atoms with van der Waals surface area (Å²) in [6, 6.07) is 8.31. The molecule has 0 aliphatic heterocycles. The number of nitrogens with one attached hydrogen (secondary N) is 1. The maximum atomic E-state index is 14.8. The molecule has 8 heteroatoms. The summed E-state index contributed by atoms with van der Waals surface area (Å²) in [5.74, 6) is -0.0421. The van der Waals surface area contributed by atoms with Gasteiger partial charge in [-0.1, -0.05) is 35.0 Å². The fourth-order valence-corrected chi connectivity index (χ4v) is 3.92. The van der Waals surface area contributed by atoms with Gasteiger partial charge in [0.05, 0.1) is 11.6 Å². The van der Waals surface area contributed by atoms with Crippen molar-refractivity contribution >= 4 is 17.7 Å². The number of amides is 1. The van der Waals surface area contributed by atoms with Crippen LogP contribution in [0, 0.1) is 12.7 Å². The third-order valence-electron chi connectivity index (χ3n) is 4.87. The summed E-state index contributed by atoms with van der Waals surface area (Å²) in [5.41, 5.74) is 3.50. The van der Waals surface area contributed by atoms with Gasteiger partial charge in [-0.05, 0) is 53.6 Å². The molecule has 0 spiro atoms. The number of benzene rings is 2. The van der Waals surface area contributed by atoms with Crippen molar-refractivity contribution in [2.24, 2.45) is 0 Å². The number of fused-ring (bicyclic) bond motifs is 1. The maximum absolute atomic E-state index is 14.8. The highest BCUT2D eigenvalue weighted by Crippen LogP contribution is 2.38. The van der Waals surface area contributed by atoms with E-state index in [1.165, 1.54) is 6.07 Å². The van der Waals surface area contributed by atoms with Crippen LogP contribution in [0.2, 0.25) is 5.02 Å². The fraction of sp³-hybridized carbons (Fsp3) is 0.250. The molecule has 1 aliphatic carbocycles. The molecule has 28 heavy (non-hydrogen) atoms. The number of hydrogen-bond acceptors (Lipinski definition) is 4. The Labute approximate surface area is 165 Å². The van der Waals surface area contributed by atoms with Crippen LogP contribution in [0.5, 0.6) is 0 Å². The third-order valence-corrected chi connectivity index (χ3v) is 5.09. The van der Waals surface area contributed by atoms with Gasteiger partial charge in [0.1, 0.15) is 5.82 Å². The van der Waals surface area contributed by atoms with Gasteiger partial charge in [0.15, 0.2) is 0 Å². The first kappa shape index (κ1) is 18.4. The number of nitrogens with zero attached hydrogens (tertiary/aromatic N) is 2. The number of hydrogen-bond donors (Lipinski definition) is 2. The number of aryl methyl sites for hydroxylation is 2. The Kier molecular flexibility index (Phi) is 4.77. The summed E-state index contributed by atoms with van der Waals surface area (Å²) < 4.78 is 19.8. The Morgan fingerprint density at radius 2 is 2.18 bits per heavy atom. The van der Waals surface area contributed by atoms with Crippen molar-refractivity contribution in [2.75, 3.05) is 0 Å². The molecule has 2 aromatic carbocycles. The predicted molar refractivity (Wildman–Crippen MR) is 102 cm³/mol. The van der Waals surface area contributed by atoms with E-state index in [0.717, 1.165) is 36.0 Å². The molecule has 144 valence electrons. The minimum absolute atomic E-state index is 0.157. The SMILES string of the molecule is Cc1nc(-c2c(F)cc(Cl)cc2-c2ccc3c(c2)CCCC3NC(=O)O)no1. The summed E-state index contributed by atoms with van der Waals surface area (Å²) >= 11 is 6.11. The highest BCUT2D eigenvalue weighted by atomic mass is 35.5. The molecule has 2 N–H and O–H groups in total. The molecule has 0 radical (unpaired) electrons.